The zero-order chi connectivity index (χ0) is 33.5. The maximum absolute atomic E-state index is 13.7. The van der Waals surface area contributed by atoms with Crippen LogP contribution in [0.3, 0.4) is 0 Å². The number of aromatic nitrogens is 4. The Morgan fingerprint density at radius 1 is 1.02 bits per heavy atom. The van der Waals surface area contributed by atoms with Gasteiger partial charge in [0.25, 0.3) is 5.95 Å². The summed E-state index contributed by atoms with van der Waals surface area (Å²) in [5.41, 5.74) is -1.30. The van der Waals surface area contributed by atoms with Crippen LogP contribution in [0, 0.1) is 6.92 Å². The number of alkyl halides is 9. The van der Waals surface area contributed by atoms with Crippen molar-refractivity contribution >= 4 is 17.7 Å². The molecule has 0 fully saturated rings. The summed E-state index contributed by atoms with van der Waals surface area (Å²) in [5.74, 6) is -0.125. The van der Waals surface area contributed by atoms with Gasteiger partial charge in [-0.3, -0.25) is 4.90 Å². The topological polar surface area (TPSA) is 76.4 Å². The number of hydrogen-bond donors (Lipinski definition) is 0. The third kappa shape index (κ3) is 7.61. The first-order valence-corrected chi connectivity index (χ1v) is 13.8. The molecule has 0 spiro atoms. The Morgan fingerprint density at radius 3 is 2.16 bits per heavy atom. The lowest BCUT2D eigenvalue weighted by molar-refractivity contribution is -0.196. The van der Waals surface area contributed by atoms with Crippen molar-refractivity contribution in [1.82, 2.24) is 20.2 Å². The van der Waals surface area contributed by atoms with Gasteiger partial charge in [0.2, 0.25) is 0 Å². The number of benzene rings is 2. The standard InChI is InChI=1S/C28H29F9N6O2/c1-5-18-12-21-22(7-6-8-42(23(21)9-15(18)2)25(44)45-16(3)26(29,30)31)43(24-38-40-41(4)39-24)14-17-10-19(27(32,33)34)13-20(11-17)28(35,36)37/h9-13,16,22H,5-8,14H2,1-4H3/t16?,22-/m0/s1. The van der Waals surface area contributed by atoms with E-state index in [2.05, 4.69) is 15.4 Å². The average molecular weight is 653 g/mol. The Bertz CT molecular complexity index is 1500. The summed E-state index contributed by atoms with van der Waals surface area (Å²) in [4.78, 5) is 16.6. The number of nitrogens with zero attached hydrogens (tertiary/aromatic N) is 6. The van der Waals surface area contributed by atoms with Gasteiger partial charge >= 0.3 is 24.6 Å². The number of hydrogen-bond acceptors (Lipinski definition) is 6. The van der Waals surface area contributed by atoms with Crippen molar-refractivity contribution in [1.29, 1.82) is 0 Å². The molecule has 0 radical (unpaired) electrons. The first kappa shape index (κ1) is 33.8. The third-order valence-electron chi connectivity index (χ3n) is 7.47. The molecule has 0 N–H and O–H groups in total. The number of carbonyl (C=O) groups is 1. The zero-order valence-electron chi connectivity index (χ0n) is 24.5. The van der Waals surface area contributed by atoms with Crippen molar-refractivity contribution in [3.63, 3.8) is 0 Å². The van der Waals surface area contributed by atoms with Crippen LogP contribution >= 0.6 is 0 Å². The SMILES string of the molecule is CCc1cc2c(cc1C)N(C(=O)OC(C)C(F)(F)F)CCC[C@@H]2N(Cc1cc(C(F)(F)F)cc(C(F)(F)F)c1)c1nnn(C)n1. The van der Waals surface area contributed by atoms with Crippen LogP contribution in [-0.2, 0) is 37.1 Å². The van der Waals surface area contributed by atoms with Gasteiger partial charge in [-0.1, -0.05) is 18.1 Å². The van der Waals surface area contributed by atoms with Gasteiger partial charge in [-0.25, -0.2) is 4.79 Å². The molecule has 0 saturated heterocycles. The fourth-order valence-electron chi connectivity index (χ4n) is 5.17. The summed E-state index contributed by atoms with van der Waals surface area (Å²) in [6.07, 6.45) is -17.8. The second kappa shape index (κ2) is 12.4. The van der Waals surface area contributed by atoms with Crippen LogP contribution in [0.1, 0.15) is 66.1 Å². The smallest absolute Gasteiger partial charge is 0.425 e. The molecule has 45 heavy (non-hydrogen) atoms. The lowest BCUT2D eigenvalue weighted by atomic mass is 9.93. The van der Waals surface area contributed by atoms with Gasteiger partial charge in [-0.15, -0.1) is 5.10 Å². The van der Waals surface area contributed by atoms with E-state index >= 15 is 0 Å². The summed E-state index contributed by atoms with van der Waals surface area (Å²) in [5, 5.41) is 11.9. The molecule has 1 amide bonds. The molecule has 0 saturated carbocycles. The highest BCUT2D eigenvalue weighted by atomic mass is 19.4. The number of halogens is 9. The molecule has 1 aliphatic rings. The predicted octanol–water partition coefficient (Wildman–Crippen LogP) is 7.55. The van der Waals surface area contributed by atoms with Gasteiger partial charge in [0.1, 0.15) is 0 Å². The highest BCUT2D eigenvalue weighted by Crippen LogP contribution is 2.42. The number of anilines is 2. The summed E-state index contributed by atoms with van der Waals surface area (Å²) < 4.78 is 126. The number of fused-ring (bicyclic) bond motifs is 1. The molecule has 17 heteroatoms. The maximum Gasteiger partial charge on any atom is 0.425 e. The van der Waals surface area contributed by atoms with Crippen LogP contribution in [0.15, 0.2) is 30.3 Å². The molecule has 4 rings (SSSR count). The minimum atomic E-state index is -5.08. The molecule has 3 aromatic rings. The van der Waals surface area contributed by atoms with E-state index in [4.69, 9.17) is 4.74 Å². The van der Waals surface area contributed by atoms with E-state index in [1.54, 1.807) is 19.1 Å². The van der Waals surface area contributed by atoms with Crippen molar-refractivity contribution in [3.05, 3.63) is 63.7 Å². The molecule has 2 atom stereocenters. The number of ether oxygens (including phenoxy) is 1. The fraction of sp³-hybridized carbons (Fsp3) is 0.500. The Morgan fingerprint density at radius 2 is 1.64 bits per heavy atom. The lowest BCUT2D eigenvalue weighted by Crippen LogP contribution is -2.39. The quantitative estimate of drug-likeness (QED) is 0.256. The molecular weight excluding hydrogens is 623 g/mol. The molecule has 1 aromatic heterocycles. The van der Waals surface area contributed by atoms with Crippen LogP contribution in [0.25, 0.3) is 0 Å². The number of tetrazole rings is 1. The van der Waals surface area contributed by atoms with E-state index in [9.17, 15) is 44.3 Å². The van der Waals surface area contributed by atoms with Gasteiger partial charge in [-0.2, -0.15) is 44.3 Å². The van der Waals surface area contributed by atoms with Crippen LogP contribution in [0.4, 0.5) is 55.9 Å². The van der Waals surface area contributed by atoms with E-state index in [-0.39, 0.29) is 42.7 Å². The van der Waals surface area contributed by atoms with Crippen molar-refractivity contribution in [2.75, 3.05) is 16.3 Å². The Balaban J connectivity index is 1.87. The van der Waals surface area contributed by atoms with E-state index in [0.29, 0.717) is 36.6 Å². The van der Waals surface area contributed by atoms with Crippen LogP contribution in [0.2, 0.25) is 0 Å². The molecule has 0 aliphatic carbocycles. The predicted molar refractivity (Wildman–Crippen MR) is 143 cm³/mol. The highest BCUT2D eigenvalue weighted by molar-refractivity contribution is 5.89. The van der Waals surface area contributed by atoms with Gasteiger partial charge in [-0.05, 0) is 84.8 Å². The van der Waals surface area contributed by atoms with Crippen molar-refractivity contribution < 1.29 is 49.0 Å². The van der Waals surface area contributed by atoms with Crippen molar-refractivity contribution in [2.24, 2.45) is 7.05 Å². The minimum Gasteiger partial charge on any atom is -0.436 e. The van der Waals surface area contributed by atoms with E-state index < -0.39 is 54.4 Å². The Kier molecular flexibility index (Phi) is 9.31. The molecule has 1 unspecified atom stereocenters. The van der Waals surface area contributed by atoms with Gasteiger partial charge < -0.3 is 9.64 Å². The van der Waals surface area contributed by atoms with E-state index in [1.165, 1.54) is 11.9 Å². The van der Waals surface area contributed by atoms with E-state index in [1.807, 2.05) is 6.92 Å². The van der Waals surface area contributed by atoms with Gasteiger partial charge in [0.05, 0.1) is 29.9 Å². The molecule has 2 aromatic carbocycles. The van der Waals surface area contributed by atoms with Gasteiger partial charge in [0, 0.05) is 13.1 Å². The largest absolute Gasteiger partial charge is 0.436 e. The summed E-state index contributed by atoms with van der Waals surface area (Å²) in [6, 6.07) is 3.69. The van der Waals surface area contributed by atoms with Crippen LogP contribution in [-0.4, -0.2) is 45.1 Å². The number of aryl methyl sites for hydroxylation is 3. The minimum absolute atomic E-state index is 0.0249. The van der Waals surface area contributed by atoms with E-state index in [0.717, 1.165) is 15.3 Å². The summed E-state index contributed by atoms with van der Waals surface area (Å²) in [7, 11) is 1.42. The second-order valence-corrected chi connectivity index (χ2v) is 10.7. The summed E-state index contributed by atoms with van der Waals surface area (Å²) in [6.45, 7) is 3.66. The fourth-order valence-corrected chi connectivity index (χ4v) is 5.17. The first-order valence-electron chi connectivity index (χ1n) is 13.8. The number of rotatable bonds is 6. The number of carbonyl (C=O) groups excluding carboxylic acids is 1. The lowest BCUT2D eigenvalue weighted by Gasteiger charge is -2.33. The third-order valence-corrected chi connectivity index (χ3v) is 7.47. The van der Waals surface area contributed by atoms with Crippen LogP contribution in [0.5, 0.6) is 0 Å². The zero-order valence-corrected chi connectivity index (χ0v) is 24.5. The Labute approximate surface area is 251 Å². The highest BCUT2D eigenvalue weighted by Gasteiger charge is 2.42. The maximum atomic E-state index is 13.7. The second-order valence-electron chi connectivity index (χ2n) is 10.7. The summed E-state index contributed by atoms with van der Waals surface area (Å²) >= 11 is 0. The monoisotopic (exact) mass is 652 g/mol. The molecule has 1 aliphatic heterocycles. The average Bonchev–Trinajstić information content (AvgIpc) is 3.27. The molecule has 8 nitrogen and oxygen atoms in total. The molecule has 2 heterocycles. The molecule has 0 bridgehead atoms. The number of amides is 1. The van der Waals surface area contributed by atoms with Crippen molar-refractivity contribution in [2.45, 2.75) is 77.3 Å². The van der Waals surface area contributed by atoms with Crippen LogP contribution < -0.4 is 9.80 Å². The van der Waals surface area contributed by atoms with Crippen molar-refractivity contribution in [3.8, 4) is 0 Å². The first-order chi connectivity index (χ1) is 20.8. The van der Waals surface area contributed by atoms with Gasteiger partial charge in [0.15, 0.2) is 6.10 Å². The molecular formula is C28H29F9N6O2. The Hall–Kier alpha value is -4.05. The normalized spacial score (nSPS) is 16.6. The molecule has 246 valence electrons.